The molecule has 3 rings (SSSR count). The van der Waals surface area contributed by atoms with Crippen molar-refractivity contribution < 1.29 is 13.9 Å². The number of halogens is 1. The molecule has 0 unspecified atom stereocenters. The highest BCUT2D eigenvalue weighted by Gasteiger charge is 2.25. The number of piperazine rings is 1. The molecule has 1 aliphatic rings. The van der Waals surface area contributed by atoms with Crippen LogP contribution >= 0.6 is 0 Å². The Morgan fingerprint density at radius 1 is 1.17 bits per heavy atom. The first-order chi connectivity index (χ1) is 14.4. The van der Waals surface area contributed by atoms with E-state index in [-0.39, 0.29) is 18.3 Å². The van der Waals surface area contributed by atoms with Gasteiger partial charge in [0.05, 0.1) is 0 Å². The summed E-state index contributed by atoms with van der Waals surface area (Å²) >= 11 is 0. The van der Waals surface area contributed by atoms with Gasteiger partial charge in [-0.05, 0) is 24.5 Å². The number of amides is 1. The molecule has 162 valence electrons. The van der Waals surface area contributed by atoms with E-state index in [1.54, 1.807) is 6.07 Å². The number of carbonyl (C=O) groups excluding carboxylic acids is 1. The quantitative estimate of drug-likeness (QED) is 0.697. The number of methoxy groups -OCH3 is 1. The molecule has 0 saturated carbocycles. The second-order valence-electron chi connectivity index (χ2n) is 8.19. The van der Waals surface area contributed by atoms with Crippen LogP contribution < -0.4 is 4.90 Å². The first-order valence-electron chi connectivity index (χ1n) is 10.5. The average molecular weight is 415 g/mol. The lowest BCUT2D eigenvalue weighted by molar-refractivity contribution is -0.135. The summed E-state index contributed by atoms with van der Waals surface area (Å²) < 4.78 is 19.3. The van der Waals surface area contributed by atoms with E-state index in [1.165, 1.54) is 13.2 Å². The van der Waals surface area contributed by atoms with Gasteiger partial charge in [0.15, 0.2) is 0 Å². The van der Waals surface area contributed by atoms with Crippen LogP contribution in [0.25, 0.3) is 0 Å². The fourth-order valence-corrected chi connectivity index (χ4v) is 3.78. The van der Waals surface area contributed by atoms with Crippen molar-refractivity contribution in [3.63, 3.8) is 0 Å². The van der Waals surface area contributed by atoms with Crippen molar-refractivity contribution in [3.05, 3.63) is 52.7 Å². The van der Waals surface area contributed by atoms with Gasteiger partial charge < -0.3 is 14.5 Å². The van der Waals surface area contributed by atoms with E-state index < -0.39 is 0 Å². The van der Waals surface area contributed by atoms with Crippen LogP contribution in [0.4, 0.5) is 10.2 Å². The van der Waals surface area contributed by atoms with E-state index in [0.29, 0.717) is 44.1 Å². The summed E-state index contributed by atoms with van der Waals surface area (Å²) in [5, 5.41) is 0. The van der Waals surface area contributed by atoms with Gasteiger partial charge in [-0.15, -0.1) is 0 Å². The Balaban J connectivity index is 1.89. The Hall–Kier alpha value is -2.54. The lowest BCUT2D eigenvalue weighted by atomic mass is 10.0. The molecule has 0 bridgehead atoms. The minimum atomic E-state index is -0.218. The number of anilines is 1. The Labute approximate surface area is 178 Å². The first kappa shape index (κ1) is 22.2. The Kier molecular flexibility index (Phi) is 7.37. The topological polar surface area (TPSA) is 58.6 Å². The van der Waals surface area contributed by atoms with Crippen LogP contribution in [0.3, 0.4) is 0 Å². The number of aromatic nitrogens is 2. The molecule has 6 nitrogen and oxygen atoms in total. The molecule has 1 amide bonds. The molecule has 30 heavy (non-hydrogen) atoms. The summed E-state index contributed by atoms with van der Waals surface area (Å²) in [5.41, 5.74) is 2.47. The summed E-state index contributed by atoms with van der Waals surface area (Å²) in [6.45, 7) is 8.95. The molecule has 1 fully saturated rings. The zero-order valence-corrected chi connectivity index (χ0v) is 18.3. The smallest absolute Gasteiger partial charge is 0.248 e. The number of nitrogens with zero attached hydrogens (tertiary/aromatic N) is 4. The Morgan fingerprint density at radius 3 is 2.50 bits per heavy atom. The molecule has 7 heteroatoms. The molecule has 2 aromatic rings. The number of ether oxygens (including phenoxy) is 1. The third-order valence-corrected chi connectivity index (χ3v) is 5.35. The zero-order chi connectivity index (χ0) is 21.7. The average Bonchev–Trinajstić information content (AvgIpc) is 2.71. The molecular formula is C23H31FN4O2. The Bertz CT molecular complexity index is 880. The first-order valence-corrected chi connectivity index (χ1v) is 10.5. The van der Waals surface area contributed by atoms with Gasteiger partial charge in [0.2, 0.25) is 5.91 Å². The fraction of sp³-hybridized carbons (Fsp3) is 0.522. The summed E-state index contributed by atoms with van der Waals surface area (Å²) in [4.78, 5) is 25.8. The predicted molar refractivity (Wildman–Crippen MR) is 115 cm³/mol. The van der Waals surface area contributed by atoms with Crippen molar-refractivity contribution in [3.8, 4) is 0 Å². The molecule has 0 aliphatic carbocycles. The minimum Gasteiger partial charge on any atom is -0.375 e. The van der Waals surface area contributed by atoms with Crippen molar-refractivity contribution in [1.29, 1.82) is 0 Å². The van der Waals surface area contributed by atoms with Crippen molar-refractivity contribution in [2.24, 2.45) is 5.92 Å². The number of hydrogen-bond acceptors (Lipinski definition) is 5. The lowest BCUT2D eigenvalue weighted by Gasteiger charge is -2.36. The predicted octanol–water partition coefficient (Wildman–Crippen LogP) is 3.01. The highest BCUT2D eigenvalue weighted by molar-refractivity contribution is 5.77. The largest absolute Gasteiger partial charge is 0.375 e. The summed E-state index contributed by atoms with van der Waals surface area (Å²) in [7, 11) is 1.53. The number of rotatable bonds is 7. The summed E-state index contributed by atoms with van der Waals surface area (Å²) in [6, 6.07) is 6.84. The van der Waals surface area contributed by atoms with Gasteiger partial charge in [-0.2, -0.15) is 0 Å². The van der Waals surface area contributed by atoms with E-state index in [4.69, 9.17) is 14.7 Å². The SMILES string of the molecule is COCC(=O)N1CCN(c2nc(CC(C)C)nc(C)c2Cc2ccccc2F)CC1. The fourth-order valence-electron chi connectivity index (χ4n) is 3.78. The van der Waals surface area contributed by atoms with Gasteiger partial charge in [-0.1, -0.05) is 32.0 Å². The van der Waals surface area contributed by atoms with Crippen molar-refractivity contribution in [1.82, 2.24) is 14.9 Å². The van der Waals surface area contributed by atoms with E-state index in [0.717, 1.165) is 29.3 Å². The molecule has 0 spiro atoms. The van der Waals surface area contributed by atoms with Gasteiger partial charge in [0.25, 0.3) is 0 Å². The summed E-state index contributed by atoms with van der Waals surface area (Å²) in [5.74, 6) is 1.90. The maximum absolute atomic E-state index is 14.3. The second kappa shape index (κ2) is 9.98. The number of benzene rings is 1. The van der Waals surface area contributed by atoms with Crippen molar-refractivity contribution in [2.75, 3.05) is 44.8 Å². The molecule has 0 atom stereocenters. The van der Waals surface area contributed by atoms with Gasteiger partial charge in [0, 0.05) is 57.4 Å². The maximum atomic E-state index is 14.3. The third kappa shape index (κ3) is 5.33. The molecule has 1 aromatic heterocycles. The standard InChI is InChI=1S/C23H31FN4O2/c1-16(2)13-21-25-17(3)19(14-18-7-5-6-8-20(18)24)23(26-21)28-11-9-27(10-12-28)22(29)15-30-4/h5-8,16H,9-15H2,1-4H3. The zero-order valence-electron chi connectivity index (χ0n) is 18.3. The monoisotopic (exact) mass is 414 g/mol. The van der Waals surface area contributed by atoms with E-state index >= 15 is 0 Å². The second-order valence-corrected chi connectivity index (χ2v) is 8.19. The summed E-state index contributed by atoms with van der Waals surface area (Å²) in [6.07, 6.45) is 1.23. The molecule has 0 radical (unpaired) electrons. The molecule has 1 aromatic carbocycles. The third-order valence-electron chi connectivity index (χ3n) is 5.35. The van der Waals surface area contributed by atoms with Crippen LogP contribution in [-0.2, 0) is 22.4 Å². The molecular weight excluding hydrogens is 383 g/mol. The van der Waals surface area contributed by atoms with Crippen molar-refractivity contribution >= 4 is 11.7 Å². The highest BCUT2D eigenvalue weighted by Crippen LogP contribution is 2.26. The lowest BCUT2D eigenvalue weighted by Crippen LogP contribution is -2.50. The Morgan fingerprint density at radius 2 is 1.87 bits per heavy atom. The number of aryl methyl sites for hydroxylation is 1. The van der Waals surface area contributed by atoms with Crippen LogP contribution in [0.5, 0.6) is 0 Å². The van der Waals surface area contributed by atoms with Gasteiger partial charge in [-0.25, -0.2) is 14.4 Å². The number of hydrogen-bond donors (Lipinski definition) is 0. The van der Waals surface area contributed by atoms with Crippen LogP contribution in [0.15, 0.2) is 24.3 Å². The molecule has 1 saturated heterocycles. The van der Waals surface area contributed by atoms with Crippen LogP contribution in [0, 0.1) is 18.7 Å². The van der Waals surface area contributed by atoms with Crippen LogP contribution in [0.2, 0.25) is 0 Å². The molecule has 0 N–H and O–H groups in total. The van der Waals surface area contributed by atoms with Gasteiger partial charge in [-0.3, -0.25) is 4.79 Å². The van der Waals surface area contributed by atoms with Crippen LogP contribution in [-0.4, -0.2) is 60.7 Å². The van der Waals surface area contributed by atoms with Gasteiger partial charge in [0.1, 0.15) is 24.1 Å². The van der Waals surface area contributed by atoms with E-state index in [1.807, 2.05) is 24.0 Å². The maximum Gasteiger partial charge on any atom is 0.248 e. The minimum absolute atomic E-state index is 0.00287. The van der Waals surface area contributed by atoms with E-state index in [9.17, 15) is 9.18 Å². The highest BCUT2D eigenvalue weighted by atomic mass is 19.1. The molecule has 2 heterocycles. The van der Waals surface area contributed by atoms with Gasteiger partial charge >= 0.3 is 0 Å². The van der Waals surface area contributed by atoms with Crippen molar-refractivity contribution in [2.45, 2.75) is 33.6 Å². The molecule has 1 aliphatic heterocycles. The van der Waals surface area contributed by atoms with E-state index in [2.05, 4.69) is 18.7 Å². The normalized spacial score (nSPS) is 14.5. The van der Waals surface area contributed by atoms with Crippen LogP contribution in [0.1, 0.15) is 36.5 Å². The number of carbonyl (C=O) groups is 1.